The molecule has 0 saturated carbocycles. The van der Waals surface area contributed by atoms with Crippen LogP contribution < -0.4 is 5.32 Å². The molecule has 0 amide bonds. The van der Waals surface area contributed by atoms with Gasteiger partial charge in [0.05, 0.1) is 5.69 Å². The van der Waals surface area contributed by atoms with E-state index in [1.807, 2.05) is 32.0 Å². The summed E-state index contributed by atoms with van der Waals surface area (Å²) in [6.07, 6.45) is 0. The maximum atomic E-state index is 12.9. The summed E-state index contributed by atoms with van der Waals surface area (Å²) in [7, 11) is 0. The fourth-order valence-electron chi connectivity index (χ4n) is 2.12. The number of rotatable bonds is 2. The molecule has 0 saturated heterocycles. The summed E-state index contributed by atoms with van der Waals surface area (Å²) in [5.41, 5.74) is 4.30. The van der Waals surface area contributed by atoms with Crippen molar-refractivity contribution in [2.45, 2.75) is 13.8 Å². The van der Waals surface area contributed by atoms with Crippen LogP contribution in [0.3, 0.4) is 0 Å². The number of halogens is 1. The van der Waals surface area contributed by atoms with Crippen molar-refractivity contribution in [1.82, 2.24) is 9.97 Å². The van der Waals surface area contributed by atoms with E-state index in [1.165, 1.54) is 12.1 Å². The first-order valence-electron chi connectivity index (χ1n) is 6.39. The second-order valence-corrected chi connectivity index (χ2v) is 4.77. The highest BCUT2D eigenvalue weighted by molar-refractivity contribution is 5.91. The van der Waals surface area contributed by atoms with Crippen LogP contribution in [0.5, 0.6) is 0 Å². The van der Waals surface area contributed by atoms with E-state index in [0.717, 1.165) is 33.8 Å². The minimum Gasteiger partial charge on any atom is -0.355 e. The van der Waals surface area contributed by atoms with Gasteiger partial charge in [-0.1, -0.05) is 0 Å². The number of nitrogens with one attached hydrogen (secondary N) is 1. The number of nitrogens with zero attached hydrogens (tertiary/aromatic N) is 2. The molecule has 3 rings (SSSR count). The summed E-state index contributed by atoms with van der Waals surface area (Å²) in [6, 6.07) is 12.2. The Labute approximate surface area is 116 Å². The zero-order valence-electron chi connectivity index (χ0n) is 11.3. The first-order valence-corrected chi connectivity index (χ1v) is 6.39. The van der Waals surface area contributed by atoms with Gasteiger partial charge in [0.1, 0.15) is 5.82 Å². The van der Waals surface area contributed by atoms with Crippen LogP contribution in [0.4, 0.5) is 15.8 Å². The number of fused-ring (bicyclic) bond motifs is 1. The van der Waals surface area contributed by atoms with Gasteiger partial charge in [0.2, 0.25) is 0 Å². The molecule has 0 radical (unpaired) electrons. The van der Waals surface area contributed by atoms with Crippen LogP contribution in [0.1, 0.15) is 11.4 Å². The van der Waals surface area contributed by atoms with E-state index in [-0.39, 0.29) is 5.82 Å². The highest BCUT2D eigenvalue weighted by Crippen LogP contribution is 2.25. The summed E-state index contributed by atoms with van der Waals surface area (Å²) < 4.78 is 12.9. The molecule has 3 aromatic rings. The lowest BCUT2D eigenvalue weighted by atomic mass is 10.2. The average molecular weight is 267 g/mol. The van der Waals surface area contributed by atoms with E-state index in [1.54, 1.807) is 12.1 Å². The molecule has 2 aromatic heterocycles. The Morgan fingerprint density at radius 1 is 0.900 bits per heavy atom. The third-order valence-electron chi connectivity index (χ3n) is 3.06. The fourth-order valence-corrected chi connectivity index (χ4v) is 2.12. The molecule has 2 heterocycles. The quantitative estimate of drug-likeness (QED) is 0.758. The van der Waals surface area contributed by atoms with Crippen molar-refractivity contribution in [2.24, 2.45) is 0 Å². The van der Waals surface area contributed by atoms with E-state index < -0.39 is 0 Å². The van der Waals surface area contributed by atoms with E-state index in [2.05, 4.69) is 15.3 Å². The van der Waals surface area contributed by atoms with Crippen molar-refractivity contribution < 1.29 is 4.39 Å². The van der Waals surface area contributed by atoms with Crippen LogP contribution in [-0.4, -0.2) is 9.97 Å². The van der Waals surface area contributed by atoms with Gasteiger partial charge in [-0.2, -0.15) is 0 Å². The third kappa shape index (κ3) is 2.45. The summed E-state index contributed by atoms with van der Waals surface area (Å²) in [6.45, 7) is 3.87. The lowest BCUT2D eigenvalue weighted by molar-refractivity contribution is 0.628. The number of anilines is 2. The minimum absolute atomic E-state index is 0.247. The molecule has 3 nitrogen and oxygen atoms in total. The number of hydrogen-bond acceptors (Lipinski definition) is 3. The lowest BCUT2D eigenvalue weighted by Gasteiger charge is -2.10. The summed E-state index contributed by atoms with van der Waals surface area (Å²) in [5, 5.41) is 4.24. The standard InChI is InChI=1S/C16H14FN3/c1-10-3-8-14-15(9-11(2)19-16(14)18-10)20-13-6-4-12(17)5-7-13/h3-9H,1-2H3,(H,18,19,20). The molecule has 0 spiro atoms. The SMILES string of the molecule is Cc1ccc2c(Nc3ccc(F)cc3)cc(C)nc2n1. The largest absolute Gasteiger partial charge is 0.355 e. The monoisotopic (exact) mass is 267 g/mol. The molecular weight excluding hydrogens is 253 g/mol. The Balaban J connectivity index is 2.08. The van der Waals surface area contributed by atoms with Gasteiger partial charge in [0.15, 0.2) is 5.65 Å². The molecule has 0 unspecified atom stereocenters. The molecule has 4 heteroatoms. The van der Waals surface area contributed by atoms with Gasteiger partial charge < -0.3 is 5.32 Å². The molecule has 1 aromatic carbocycles. The van der Waals surface area contributed by atoms with Crippen molar-refractivity contribution in [3.63, 3.8) is 0 Å². The van der Waals surface area contributed by atoms with E-state index in [4.69, 9.17) is 0 Å². The molecule has 0 fully saturated rings. The van der Waals surface area contributed by atoms with Crippen LogP contribution >= 0.6 is 0 Å². The van der Waals surface area contributed by atoms with Gasteiger partial charge in [-0.15, -0.1) is 0 Å². The number of benzene rings is 1. The maximum Gasteiger partial charge on any atom is 0.161 e. The van der Waals surface area contributed by atoms with Gasteiger partial charge in [0, 0.05) is 22.5 Å². The Morgan fingerprint density at radius 2 is 1.60 bits per heavy atom. The first-order chi connectivity index (χ1) is 9.61. The zero-order valence-corrected chi connectivity index (χ0v) is 11.3. The highest BCUT2D eigenvalue weighted by Gasteiger charge is 2.06. The fraction of sp³-hybridized carbons (Fsp3) is 0.125. The maximum absolute atomic E-state index is 12.9. The Kier molecular flexibility index (Phi) is 3.06. The Bertz CT molecular complexity index is 761. The van der Waals surface area contributed by atoms with Crippen LogP contribution in [0.25, 0.3) is 11.0 Å². The number of aromatic nitrogens is 2. The van der Waals surface area contributed by atoms with Gasteiger partial charge in [-0.05, 0) is 56.3 Å². The number of aryl methyl sites for hydroxylation is 2. The predicted octanol–water partition coefficient (Wildman–Crippen LogP) is 4.13. The van der Waals surface area contributed by atoms with Crippen molar-refractivity contribution in [3.05, 3.63) is 59.7 Å². The van der Waals surface area contributed by atoms with Crippen LogP contribution in [-0.2, 0) is 0 Å². The Morgan fingerprint density at radius 3 is 2.35 bits per heavy atom. The molecule has 20 heavy (non-hydrogen) atoms. The van der Waals surface area contributed by atoms with Gasteiger partial charge in [-0.3, -0.25) is 0 Å². The predicted molar refractivity (Wildman–Crippen MR) is 78.7 cm³/mol. The topological polar surface area (TPSA) is 37.8 Å². The van der Waals surface area contributed by atoms with E-state index >= 15 is 0 Å². The summed E-state index contributed by atoms with van der Waals surface area (Å²) >= 11 is 0. The molecule has 0 aliphatic rings. The van der Waals surface area contributed by atoms with Gasteiger partial charge >= 0.3 is 0 Å². The average Bonchev–Trinajstić information content (AvgIpc) is 2.40. The van der Waals surface area contributed by atoms with Gasteiger partial charge in [-0.25, -0.2) is 14.4 Å². The molecule has 0 atom stereocenters. The molecular formula is C16H14FN3. The summed E-state index contributed by atoms with van der Waals surface area (Å²) in [5.74, 6) is -0.247. The normalized spacial score (nSPS) is 10.8. The molecule has 0 bridgehead atoms. The second kappa shape index (κ2) is 4.89. The van der Waals surface area contributed by atoms with Crippen molar-refractivity contribution >= 4 is 22.4 Å². The van der Waals surface area contributed by atoms with Crippen LogP contribution in [0, 0.1) is 19.7 Å². The number of pyridine rings is 2. The van der Waals surface area contributed by atoms with Crippen LogP contribution in [0.15, 0.2) is 42.5 Å². The molecule has 0 aliphatic carbocycles. The third-order valence-corrected chi connectivity index (χ3v) is 3.06. The van der Waals surface area contributed by atoms with Crippen LogP contribution in [0.2, 0.25) is 0 Å². The highest BCUT2D eigenvalue weighted by atomic mass is 19.1. The molecule has 1 N–H and O–H groups in total. The summed E-state index contributed by atoms with van der Waals surface area (Å²) in [4.78, 5) is 8.88. The number of hydrogen-bond donors (Lipinski definition) is 1. The van der Waals surface area contributed by atoms with E-state index in [0.29, 0.717) is 0 Å². The molecule has 100 valence electrons. The van der Waals surface area contributed by atoms with Crippen molar-refractivity contribution in [1.29, 1.82) is 0 Å². The zero-order chi connectivity index (χ0) is 14.1. The molecule has 0 aliphatic heterocycles. The van der Waals surface area contributed by atoms with Crippen molar-refractivity contribution in [2.75, 3.05) is 5.32 Å². The first kappa shape index (κ1) is 12.5. The van der Waals surface area contributed by atoms with Crippen molar-refractivity contribution in [3.8, 4) is 0 Å². The van der Waals surface area contributed by atoms with Gasteiger partial charge in [0.25, 0.3) is 0 Å². The minimum atomic E-state index is -0.247. The second-order valence-electron chi connectivity index (χ2n) is 4.77. The van der Waals surface area contributed by atoms with E-state index in [9.17, 15) is 4.39 Å². The Hall–Kier alpha value is -2.49. The lowest BCUT2D eigenvalue weighted by Crippen LogP contribution is -1.96. The smallest absolute Gasteiger partial charge is 0.161 e.